The van der Waals surface area contributed by atoms with E-state index in [-0.39, 0.29) is 24.2 Å². The summed E-state index contributed by atoms with van der Waals surface area (Å²) in [6.45, 7) is 6.65. The van der Waals surface area contributed by atoms with Crippen LogP contribution in [0.3, 0.4) is 0 Å². The second-order valence-electron chi connectivity index (χ2n) is 9.54. The molecule has 35 heavy (non-hydrogen) atoms. The van der Waals surface area contributed by atoms with Gasteiger partial charge in [0.15, 0.2) is 0 Å². The number of ether oxygens (including phenoxy) is 1. The van der Waals surface area contributed by atoms with Crippen LogP contribution < -0.4 is 10.1 Å². The number of likely N-dealkylation sites (tertiary alicyclic amines) is 1. The Morgan fingerprint density at radius 2 is 1.77 bits per heavy atom. The van der Waals surface area contributed by atoms with Gasteiger partial charge in [0.05, 0.1) is 6.42 Å². The van der Waals surface area contributed by atoms with E-state index in [1.54, 1.807) is 26.2 Å². The number of para-hydroxylation sites is 1. The minimum atomic E-state index is -1.02. The standard InChI is InChI=1S/C28H32N4O3/c1-20-10-7-8-14-23(20)35-26-25(29-15-16-30-26)22-13-9-17-32(19-22)27(34)28(2,3)31-24(33)18-21-11-5-4-6-12-21/h4-8,10-12,14-16,22H,9,13,17-19H2,1-3H3,(H,31,33)/t22-/m0/s1. The van der Waals surface area contributed by atoms with E-state index in [4.69, 9.17) is 4.74 Å². The van der Waals surface area contributed by atoms with E-state index < -0.39 is 5.54 Å². The normalized spacial score (nSPS) is 16.0. The molecule has 1 fully saturated rings. The van der Waals surface area contributed by atoms with Crippen molar-refractivity contribution >= 4 is 11.8 Å². The molecular weight excluding hydrogens is 440 g/mol. The highest BCUT2D eigenvalue weighted by atomic mass is 16.5. The number of carbonyl (C=O) groups is 2. The van der Waals surface area contributed by atoms with Gasteiger partial charge in [-0.05, 0) is 50.8 Å². The van der Waals surface area contributed by atoms with Crippen molar-refractivity contribution in [3.63, 3.8) is 0 Å². The van der Waals surface area contributed by atoms with E-state index in [9.17, 15) is 9.59 Å². The van der Waals surface area contributed by atoms with Crippen LogP contribution in [0.15, 0.2) is 67.0 Å². The molecule has 1 aliphatic heterocycles. The molecule has 182 valence electrons. The van der Waals surface area contributed by atoms with Crippen LogP contribution >= 0.6 is 0 Å². The Labute approximate surface area is 206 Å². The van der Waals surface area contributed by atoms with Crippen molar-refractivity contribution in [1.82, 2.24) is 20.2 Å². The minimum absolute atomic E-state index is 0.00348. The maximum absolute atomic E-state index is 13.4. The summed E-state index contributed by atoms with van der Waals surface area (Å²) in [7, 11) is 0. The summed E-state index contributed by atoms with van der Waals surface area (Å²) in [6.07, 6.45) is 5.24. The Bertz CT molecular complexity index is 1180. The number of carbonyl (C=O) groups excluding carboxylic acids is 2. The van der Waals surface area contributed by atoms with Crippen LogP contribution in [0, 0.1) is 6.92 Å². The predicted octanol–water partition coefficient (Wildman–Crippen LogP) is 4.42. The Morgan fingerprint density at radius 1 is 1.06 bits per heavy atom. The average Bonchev–Trinajstić information content (AvgIpc) is 2.85. The van der Waals surface area contributed by atoms with Gasteiger partial charge in [-0.2, -0.15) is 0 Å². The van der Waals surface area contributed by atoms with Gasteiger partial charge < -0.3 is 15.0 Å². The third-order valence-corrected chi connectivity index (χ3v) is 6.28. The van der Waals surface area contributed by atoms with Crippen molar-refractivity contribution in [2.24, 2.45) is 0 Å². The molecule has 2 heterocycles. The second-order valence-corrected chi connectivity index (χ2v) is 9.54. The Morgan fingerprint density at radius 3 is 2.54 bits per heavy atom. The van der Waals surface area contributed by atoms with E-state index in [2.05, 4.69) is 15.3 Å². The molecule has 4 rings (SSSR count). The molecule has 3 aromatic rings. The molecule has 0 aliphatic carbocycles. The monoisotopic (exact) mass is 472 g/mol. The summed E-state index contributed by atoms with van der Waals surface area (Å²) >= 11 is 0. The van der Waals surface area contributed by atoms with Gasteiger partial charge in [-0.25, -0.2) is 4.98 Å². The maximum Gasteiger partial charge on any atom is 0.247 e. The number of rotatable bonds is 7. The van der Waals surface area contributed by atoms with Gasteiger partial charge >= 0.3 is 0 Å². The lowest BCUT2D eigenvalue weighted by atomic mass is 9.92. The molecule has 1 aromatic heterocycles. The summed E-state index contributed by atoms with van der Waals surface area (Å²) in [5, 5.41) is 2.92. The molecular formula is C28H32N4O3. The summed E-state index contributed by atoms with van der Waals surface area (Å²) in [5.74, 6) is 0.924. The zero-order valence-electron chi connectivity index (χ0n) is 20.5. The zero-order valence-corrected chi connectivity index (χ0v) is 20.5. The number of amides is 2. The molecule has 7 nitrogen and oxygen atoms in total. The summed E-state index contributed by atoms with van der Waals surface area (Å²) in [5.41, 5.74) is 1.66. The topological polar surface area (TPSA) is 84.4 Å². The molecule has 1 N–H and O–H groups in total. The number of aromatic nitrogens is 2. The van der Waals surface area contributed by atoms with Crippen molar-refractivity contribution in [2.45, 2.75) is 51.5 Å². The van der Waals surface area contributed by atoms with Gasteiger partial charge in [-0.1, -0.05) is 48.5 Å². The van der Waals surface area contributed by atoms with E-state index in [0.717, 1.165) is 35.4 Å². The van der Waals surface area contributed by atoms with Gasteiger partial charge in [-0.15, -0.1) is 0 Å². The first kappa shape index (κ1) is 24.4. The third-order valence-electron chi connectivity index (χ3n) is 6.28. The molecule has 2 amide bonds. The van der Waals surface area contributed by atoms with Crippen LogP contribution in [0.2, 0.25) is 0 Å². The molecule has 0 radical (unpaired) electrons. The largest absolute Gasteiger partial charge is 0.437 e. The lowest BCUT2D eigenvalue weighted by Gasteiger charge is -2.38. The molecule has 1 aliphatic rings. The Balaban J connectivity index is 1.45. The van der Waals surface area contributed by atoms with Crippen molar-refractivity contribution in [3.8, 4) is 11.6 Å². The maximum atomic E-state index is 13.4. The SMILES string of the molecule is Cc1ccccc1Oc1nccnc1[C@H]1CCCN(C(=O)C(C)(C)NC(=O)Cc2ccccc2)C1. The zero-order chi connectivity index (χ0) is 24.8. The van der Waals surface area contributed by atoms with Crippen LogP contribution in [-0.2, 0) is 16.0 Å². The highest BCUT2D eigenvalue weighted by Gasteiger charge is 2.37. The minimum Gasteiger partial charge on any atom is -0.437 e. The van der Waals surface area contributed by atoms with Crippen molar-refractivity contribution in [2.75, 3.05) is 13.1 Å². The smallest absolute Gasteiger partial charge is 0.247 e. The molecule has 1 saturated heterocycles. The van der Waals surface area contributed by atoms with Gasteiger partial charge in [0.1, 0.15) is 17.0 Å². The Kier molecular flexibility index (Phi) is 7.44. The highest BCUT2D eigenvalue weighted by molar-refractivity contribution is 5.91. The summed E-state index contributed by atoms with van der Waals surface area (Å²) < 4.78 is 6.13. The van der Waals surface area contributed by atoms with E-state index in [0.29, 0.717) is 19.0 Å². The molecule has 0 unspecified atom stereocenters. The lowest BCUT2D eigenvalue weighted by Crippen LogP contribution is -2.57. The average molecular weight is 473 g/mol. The Hall–Kier alpha value is -3.74. The van der Waals surface area contributed by atoms with E-state index in [1.165, 1.54) is 0 Å². The molecule has 0 spiro atoms. The highest BCUT2D eigenvalue weighted by Crippen LogP contribution is 2.34. The third kappa shape index (κ3) is 6.04. The second kappa shape index (κ2) is 10.7. The van der Waals surface area contributed by atoms with Gasteiger partial charge in [0, 0.05) is 31.4 Å². The number of benzene rings is 2. The van der Waals surface area contributed by atoms with E-state index in [1.807, 2.05) is 66.4 Å². The first-order valence-corrected chi connectivity index (χ1v) is 12.0. The van der Waals surface area contributed by atoms with Crippen molar-refractivity contribution < 1.29 is 14.3 Å². The number of hydrogen-bond donors (Lipinski definition) is 1. The van der Waals surface area contributed by atoms with Gasteiger partial charge in [0.25, 0.3) is 0 Å². The first-order chi connectivity index (χ1) is 16.8. The molecule has 2 aromatic carbocycles. The number of nitrogens with one attached hydrogen (secondary N) is 1. The quantitative estimate of drug-likeness (QED) is 0.550. The molecule has 0 saturated carbocycles. The summed E-state index contributed by atoms with van der Waals surface area (Å²) in [4.78, 5) is 36.9. The molecule has 0 bridgehead atoms. The lowest BCUT2D eigenvalue weighted by molar-refractivity contribution is -0.141. The van der Waals surface area contributed by atoms with Crippen LogP contribution in [0.25, 0.3) is 0 Å². The van der Waals surface area contributed by atoms with Crippen molar-refractivity contribution in [3.05, 3.63) is 83.8 Å². The summed E-state index contributed by atoms with van der Waals surface area (Å²) in [6, 6.07) is 17.3. The molecule has 7 heteroatoms. The van der Waals surface area contributed by atoms with Crippen LogP contribution in [0.1, 0.15) is 49.4 Å². The fourth-order valence-corrected chi connectivity index (χ4v) is 4.48. The van der Waals surface area contributed by atoms with Gasteiger partial charge in [0.2, 0.25) is 17.7 Å². The number of nitrogens with zero attached hydrogens (tertiary/aromatic N) is 3. The van der Waals surface area contributed by atoms with Gasteiger partial charge in [-0.3, -0.25) is 14.6 Å². The fourth-order valence-electron chi connectivity index (χ4n) is 4.48. The fraction of sp³-hybridized carbons (Fsp3) is 0.357. The predicted molar refractivity (Wildman–Crippen MR) is 134 cm³/mol. The van der Waals surface area contributed by atoms with Crippen LogP contribution in [0.5, 0.6) is 11.6 Å². The van der Waals surface area contributed by atoms with Crippen LogP contribution in [-0.4, -0.2) is 45.3 Å². The van der Waals surface area contributed by atoms with E-state index >= 15 is 0 Å². The van der Waals surface area contributed by atoms with Crippen molar-refractivity contribution in [1.29, 1.82) is 0 Å². The number of aryl methyl sites for hydroxylation is 1. The number of hydrogen-bond acceptors (Lipinski definition) is 5. The first-order valence-electron chi connectivity index (χ1n) is 12.0. The molecule has 1 atom stereocenters. The van der Waals surface area contributed by atoms with Crippen LogP contribution in [0.4, 0.5) is 0 Å². The number of piperidine rings is 1.